The van der Waals surface area contributed by atoms with Crippen LogP contribution in [0.2, 0.25) is 0 Å². The Morgan fingerprint density at radius 1 is 0.196 bits per heavy atom. The maximum absolute atomic E-state index is 4.99. The molecular weight excluding hydrogens is 1730 g/mol. The van der Waals surface area contributed by atoms with E-state index in [4.69, 9.17) is 39.9 Å². The van der Waals surface area contributed by atoms with Crippen molar-refractivity contribution in [1.82, 2.24) is 49.8 Å². The molecule has 0 aliphatic heterocycles. The van der Waals surface area contributed by atoms with E-state index in [-0.39, 0.29) is 40.2 Å². The SMILES string of the molecule is [Ir+3].[Ir+3].[c-]1cc(-c2c(-c3cc(-c4ccccc4-c4c[c-]c5c(c4)ncc4cccnc45)cc(-c4ccccc4-c4c[c-]c5c(c4)ncc4cccnc45)c3)cccc2-c2cc(-c3ccccc3-c3c[c-]c4c(c3)ncc3cccnc34)cc(-c3ccccc3-c3c[c-]c4c(c3)ncc3cccnc34)c2)c[c-]c1-c1ncccn1. The largest absolute Gasteiger partial charge is 3.00 e. The fraction of sp³-hybridized carbons (Fsp3) is 0. The van der Waals surface area contributed by atoms with E-state index in [2.05, 4.69) is 259 Å². The third-order valence-electron chi connectivity index (χ3n) is 20.9. The molecule has 0 fully saturated rings. The number of benzene rings is 12. The van der Waals surface area contributed by atoms with Crippen molar-refractivity contribution in [1.29, 1.82) is 0 Å². The summed E-state index contributed by atoms with van der Waals surface area (Å²) in [4.78, 5) is 48.4. The van der Waals surface area contributed by atoms with Crippen LogP contribution in [0.15, 0.2) is 329 Å². The summed E-state index contributed by atoms with van der Waals surface area (Å²) in [6, 6.07) is 116. The molecule has 0 aliphatic rings. The van der Waals surface area contributed by atoms with Gasteiger partial charge in [-0.2, -0.15) is 5.56 Å². The molecule has 0 atom stereocenters. The van der Waals surface area contributed by atoms with Crippen molar-refractivity contribution >= 4 is 87.2 Å². The van der Waals surface area contributed by atoms with E-state index in [9.17, 15) is 0 Å². The van der Waals surface area contributed by atoms with Crippen LogP contribution in [-0.2, 0) is 40.2 Å². The quantitative estimate of drug-likeness (QED) is 0.0861. The average molecular weight is 1780 g/mol. The number of hydrogen-bond acceptors (Lipinski definition) is 10. The van der Waals surface area contributed by atoms with Gasteiger partial charge in [0.2, 0.25) is 0 Å². The fourth-order valence-corrected chi connectivity index (χ4v) is 15.8. The molecule has 0 amide bonds. The van der Waals surface area contributed by atoms with Crippen molar-refractivity contribution in [2.45, 2.75) is 0 Å². The first kappa shape index (κ1) is 68.8. The van der Waals surface area contributed by atoms with E-state index in [1.54, 1.807) is 12.4 Å². The molecule has 0 saturated carbocycles. The Morgan fingerprint density at radius 3 is 0.741 bits per heavy atom. The number of aromatic nitrogens is 10. The van der Waals surface area contributed by atoms with Crippen LogP contribution >= 0.6 is 0 Å². The second-order valence-electron chi connectivity index (χ2n) is 27.4. The molecule has 0 radical (unpaired) electrons. The number of nitrogens with zero attached hydrogens (tertiary/aromatic N) is 10. The minimum atomic E-state index is 0. The van der Waals surface area contributed by atoms with Crippen molar-refractivity contribution in [3.63, 3.8) is 0 Å². The van der Waals surface area contributed by atoms with E-state index in [1.807, 2.05) is 104 Å². The third-order valence-corrected chi connectivity index (χ3v) is 20.9. The van der Waals surface area contributed by atoms with Gasteiger partial charge in [-0.3, -0.25) is 12.1 Å². The van der Waals surface area contributed by atoms with E-state index in [0.29, 0.717) is 11.4 Å². The van der Waals surface area contributed by atoms with Crippen LogP contribution in [0.5, 0.6) is 0 Å². The monoisotopic (exact) mass is 1780 g/mol. The molecule has 112 heavy (non-hydrogen) atoms. The summed E-state index contributed by atoms with van der Waals surface area (Å²) in [5.74, 6) is 0.529. The molecule has 0 spiro atoms. The first-order valence-corrected chi connectivity index (χ1v) is 36.3. The van der Waals surface area contributed by atoms with Crippen molar-refractivity contribution in [2.24, 2.45) is 0 Å². The van der Waals surface area contributed by atoms with Gasteiger partial charge in [0.1, 0.15) is 0 Å². The van der Waals surface area contributed by atoms with Crippen LogP contribution in [0, 0.1) is 36.4 Å². The van der Waals surface area contributed by atoms with E-state index >= 15 is 0 Å². The van der Waals surface area contributed by atoms with Crippen LogP contribution < -0.4 is 0 Å². The van der Waals surface area contributed by atoms with Crippen molar-refractivity contribution < 1.29 is 40.2 Å². The van der Waals surface area contributed by atoms with Gasteiger partial charge in [-0.05, 0) is 205 Å². The minimum absolute atomic E-state index is 0. The second kappa shape index (κ2) is 29.0. The van der Waals surface area contributed by atoms with Gasteiger partial charge >= 0.3 is 40.2 Å². The van der Waals surface area contributed by atoms with Gasteiger partial charge in [-0.1, -0.05) is 211 Å². The van der Waals surface area contributed by atoms with Crippen LogP contribution in [-0.4, -0.2) is 49.8 Å². The number of pyridine rings is 8. The van der Waals surface area contributed by atoms with Crippen LogP contribution in [0.4, 0.5) is 0 Å². The zero-order chi connectivity index (χ0) is 72.6. The molecule has 522 valence electrons. The van der Waals surface area contributed by atoms with Gasteiger partial charge in [-0.25, -0.2) is 17.7 Å². The molecule has 0 aliphatic carbocycles. The van der Waals surface area contributed by atoms with Crippen molar-refractivity contribution in [3.05, 3.63) is 365 Å². The Kier molecular flexibility index (Phi) is 17.8. The molecule has 9 aromatic heterocycles. The minimum Gasteiger partial charge on any atom is -0.333 e. The molecule has 12 heteroatoms. The Morgan fingerprint density at radius 2 is 0.446 bits per heavy atom. The second-order valence-corrected chi connectivity index (χ2v) is 27.4. The summed E-state index contributed by atoms with van der Waals surface area (Å²) in [7, 11) is 0. The summed E-state index contributed by atoms with van der Waals surface area (Å²) >= 11 is 0. The van der Waals surface area contributed by atoms with Gasteiger partial charge in [0.25, 0.3) is 0 Å². The summed E-state index contributed by atoms with van der Waals surface area (Å²) < 4.78 is 0. The van der Waals surface area contributed by atoms with Gasteiger partial charge in [0.15, 0.2) is 0 Å². The Hall–Kier alpha value is -13.7. The van der Waals surface area contributed by atoms with Gasteiger partial charge in [0, 0.05) is 62.0 Å². The normalized spacial score (nSPS) is 11.4. The van der Waals surface area contributed by atoms with Crippen molar-refractivity contribution in [3.8, 4) is 134 Å². The maximum atomic E-state index is 4.99. The molecule has 0 N–H and O–H groups in total. The molecule has 21 aromatic rings. The van der Waals surface area contributed by atoms with Crippen LogP contribution in [0.1, 0.15) is 0 Å². The first-order valence-electron chi connectivity index (χ1n) is 36.3. The Labute approximate surface area is 671 Å². The molecule has 9 heterocycles. The number of hydrogen-bond donors (Lipinski definition) is 0. The van der Waals surface area contributed by atoms with E-state index in [0.717, 1.165) is 210 Å². The topological polar surface area (TPSA) is 129 Å². The molecule has 0 bridgehead atoms. The summed E-state index contributed by atoms with van der Waals surface area (Å²) in [5.41, 5.74) is 29.2. The maximum Gasteiger partial charge on any atom is 3.00 e. The Balaban J connectivity index is 0.00000422. The summed E-state index contributed by atoms with van der Waals surface area (Å²) in [5, 5.41) is 7.33. The molecule has 0 saturated heterocycles. The predicted octanol–water partition coefficient (Wildman–Crippen LogP) is 23.7. The van der Waals surface area contributed by atoms with E-state index in [1.165, 1.54) is 0 Å². The zero-order valence-electron chi connectivity index (χ0n) is 59.3. The molecule has 12 aromatic carbocycles. The first-order chi connectivity index (χ1) is 54.5. The van der Waals surface area contributed by atoms with Gasteiger partial charge < -0.3 is 49.8 Å². The summed E-state index contributed by atoms with van der Waals surface area (Å²) in [6.07, 6.45) is 18.4. The molecule has 10 nitrogen and oxygen atoms in total. The van der Waals surface area contributed by atoms with Gasteiger partial charge in [0.05, 0.1) is 0 Å². The predicted molar refractivity (Wildman–Crippen MR) is 443 cm³/mol. The molecular formula is C100H54Ir2N10. The zero-order valence-corrected chi connectivity index (χ0v) is 64.1. The summed E-state index contributed by atoms with van der Waals surface area (Å²) in [6.45, 7) is 0. The molecule has 21 rings (SSSR count). The number of rotatable bonds is 12. The third kappa shape index (κ3) is 12.3. The smallest absolute Gasteiger partial charge is 0.333 e. The van der Waals surface area contributed by atoms with Crippen LogP contribution in [0.25, 0.3) is 221 Å². The van der Waals surface area contributed by atoms with E-state index < -0.39 is 0 Å². The fourth-order valence-electron chi connectivity index (χ4n) is 15.8. The standard InChI is InChI=1S/C100H54N10.2Ir/c1-5-23-81(77(19-1)63-33-37-87-91(53-63)107-57-67-15-10-41-101-96(67)87)71-47-72(82-24-6-2-20-78(82)64-34-38-88-92(54-64)108-58-68-16-11-42-102-97(68)88)50-75(49-71)85-27-9-28-86(95(85)61-29-31-62(32-30-61)100-105-45-14-46-106-100)76-51-73(83-25-7-3-21-79(83)65-35-39-89-93(55-65)109-59-69-17-12-43-103-98(69)89)48-74(52-76)84-26-8-4-22-80(84)66-36-40-90-94(56-66)110-60-70-18-13-44-104-99(70)90;;/h1-30,33-36,41-60H;;/q-6;2*+3. The van der Waals surface area contributed by atoms with Crippen molar-refractivity contribution in [2.75, 3.05) is 0 Å². The van der Waals surface area contributed by atoms with Gasteiger partial charge in [-0.15, -0.1) is 72.8 Å². The van der Waals surface area contributed by atoms with Crippen LogP contribution in [0.3, 0.4) is 0 Å². The molecule has 0 unspecified atom stereocenters. The average Bonchev–Trinajstić information content (AvgIpc) is 0.760. The Bertz CT molecular complexity index is 6570. The number of fused-ring (bicyclic) bond motifs is 12.